The second kappa shape index (κ2) is 4.34. The van der Waals surface area contributed by atoms with Crippen LogP contribution in [-0.2, 0) is 0 Å². The molecule has 0 radical (unpaired) electrons. The first-order valence-corrected chi connectivity index (χ1v) is 6.22. The number of pyridine rings is 1. The third-order valence-electron chi connectivity index (χ3n) is 3.72. The molecular formula is C13H16N4. The number of aromatic nitrogens is 1. The van der Waals surface area contributed by atoms with Crippen LogP contribution in [0.5, 0.6) is 0 Å². The molecule has 17 heavy (non-hydrogen) atoms. The summed E-state index contributed by atoms with van der Waals surface area (Å²) in [5.41, 5.74) is 0.692. The quantitative estimate of drug-likeness (QED) is 0.786. The van der Waals surface area contributed by atoms with E-state index in [9.17, 15) is 0 Å². The van der Waals surface area contributed by atoms with Gasteiger partial charge in [-0.2, -0.15) is 5.26 Å². The van der Waals surface area contributed by atoms with Crippen molar-refractivity contribution in [3.8, 4) is 6.07 Å². The molecule has 3 rings (SSSR count). The van der Waals surface area contributed by atoms with Crippen LogP contribution in [0.2, 0.25) is 0 Å². The molecule has 4 heteroatoms. The van der Waals surface area contributed by atoms with Crippen LogP contribution in [0.25, 0.3) is 0 Å². The lowest BCUT2D eigenvalue weighted by Crippen LogP contribution is -2.35. The van der Waals surface area contributed by atoms with Crippen LogP contribution in [0.4, 0.5) is 5.82 Å². The molecule has 2 atom stereocenters. The lowest BCUT2D eigenvalue weighted by atomic mass is 10.1. The predicted molar refractivity (Wildman–Crippen MR) is 65.7 cm³/mol. The van der Waals surface area contributed by atoms with E-state index >= 15 is 0 Å². The molecule has 88 valence electrons. The van der Waals surface area contributed by atoms with Gasteiger partial charge < -0.3 is 10.2 Å². The minimum absolute atomic E-state index is 0.593. The summed E-state index contributed by atoms with van der Waals surface area (Å²) in [6, 6.07) is 7.09. The lowest BCUT2D eigenvalue weighted by molar-refractivity contribution is 0.563. The molecule has 0 aromatic carbocycles. The lowest BCUT2D eigenvalue weighted by Gasteiger charge is -2.25. The highest BCUT2D eigenvalue weighted by Crippen LogP contribution is 2.23. The van der Waals surface area contributed by atoms with E-state index in [0.29, 0.717) is 17.6 Å². The number of nitriles is 1. The molecule has 2 aliphatic heterocycles. The molecule has 1 N–H and O–H groups in total. The highest BCUT2D eigenvalue weighted by Gasteiger charge is 2.29. The average Bonchev–Trinajstić information content (AvgIpc) is 2.69. The van der Waals surface area contributed by atoms with Crippen molar-refractivity contribution in [2.45, 2.75) is 31.3 Å². The van der Waals surface area contributed by atoms with Gasteiger partial charge in [-0.05, 0) is 31.4 Å². The molecule has 2 bridgehead atoms. The van der Waals surface area contributed by atoms with Crippen molar-refractivity contribution in [3.63, 3.8) is 0 Å². The summed E-state index contributed by atoms with van der Waals surface area (Å²) in [4.78, 5) is 6.69. The van der Waals surface area contributed by atoms with E-state index in [1.807, 2.05) is 6.07 Å². The fraction of sp³-hybridized carbons (Fsp3) is 0.538. The van der Waals surface area contributed by atoms with E-state index in [4.69, 9.17) is 5.26 Å². The van der Waals surface area contributed by atoms with Crippen molar-refractivity contribution in [3.05, 3.63) is 23.9 Å². The summed E-state index contributed by atoms with van der Waals surface area (Å²) in [5, 5.41) is 12.6. The van der Waals surface area contributed by atoms with E-state index < -0.39 is 0 Å². The predicted octanol–water partition coefficient (Wildman–Crippen LogP) is 1.28. The normalized spacial score (nSPS) is 27.6. The standard InChI is InChI=1S/C13H16N4/c14-8-10-3-5-15-13(7-10)17-6-4-11-1-2-12(9-17)16-11/h3,5,7,11-12,16H,1-2,4,6,9H2. The van der Waals surface area contributed by atoms with Gasteiger partial charge in [0.15, 0.2) is 0 Å². The maximum Gasteiger partial charge on any atom is 0.129 e. The molecule has 2 unspecified atom stereocenters. The maximum atomic E-state index is 8.91. The van der Waals surface area contributed by atoms with Crippen LogP contribution in [0.1, 0.15) is 24.8 Å². The average molecular weight is 228 g/mol. The fourth-order valence-electron chi connectivity index (χ4n) is 2.81. The van der Waals surface area contributed by atoms with Crippen LogP contribution in [0.3, 0.4) is 0 Å². The third-order valence-corrected chi connectivity index (χ3v) is 3.72. The van der Waals surface area contributed by atoms with Gasteiger partial charge in [0.1, 0.15) is 5.82 Å². The second-order valence-corrected chi connectivity index (χ2v) is 4.89. The SMILES string of the molecule is N#Cc1ccnc(N2CCC3CCC(C2)N3)c1. The summed E-state index contributed by atoms with van der Waals surface area (Å²) in [6.45, 7) is 2.05. The van der Waals surface area contributed by atoms with E-state index in [0.717, 1.165) is 18.9 Å². The van der Waals surface area contributed by atoms with Crippen LogP contribution in [0.15, 0.2) is 18.3 Å². The molecule has 2 saturated heterocycles. The number of nitrogens with zero attached hydrogens (tertiary/aromatic N) is 3. The minimum Gasteiger partial charge on any atom is -0.355 e. The number of anilines is 1. The molecule has 0 saturated carbocycles. The number of hydrogen-bond acceptors (Lipinski definition) is 4. The summed E-state index contributed by atoms with van der Waals surface area (Å²) >= 11 is 0. The first-order valence-electron chi connectivity index (χ1n) is 6.22. The van der Waals surface area contributed by atoms with Gasteiger partial charge >= 0.3 is 0 Å². The smallest absolute Gasteiger partial charge is 0.129 e. The van der Waals surface area contributed by atoms with Gasteiger partial charge in [-0.15, -0.1) is 0 Å². The molecule has 0 aliphatic carbocycles. The largest absolute Gasteiger partial charge is 0.355 e. The van der Waals surface area contributed by atoms with Crippen molar-refractivity contribution in [1.82, 2.24) is 10.3 Å². The zero-order valence-electron chi connectivity index (χ0n) is 9.76. The zero-order chi connectivity index (χ0) is 11.7. The van der Waals surface area contributed by atoms with E-state index in [1.54, 1.807) is 12.3 Å². The fourth-order valence-corrected chi connectivity index (χ4v) is 2.81. The van der Waals surface area contributed by atoms with Crippen LogP contribution >= 0.6 is 0 Å². The van der Waals surface area contributed by atoms with Gasteiger partial charge in [0, 0.05) is 31.4 Å². The van der Waals surface area contributed by atoms with Gasteiger partial charge in [-0.3, -0.25) is 0 Å². The Balaban J connectivity index is 1.81. The van der Waals surface area contributed by atoms with Gasteiger partial charge in [-0.1, -0.05) is 0 Å². The van der Waals surface area contributed by atoms with Gasteiger partial charge in [-0.25, -0.2) is 4.98 Å². The molecule has 1 aromatic heterocycles. The Bertz CT molecular complexity index is 451. The number of rotatable bonds is 1. The molecule has 2 aliphatic rings. The van der Waals surface area contributed by atoms with Crippen LogP contribution < -0.4 is 10.2 Å². The van der Waals surface area contributed by atoms with Crippen molar-refractivity contribution in [1.29, 1.82) is 5.26 Å². The van der Waals surface area contributed by atoms with Crippen molar-refractivity contribution < 1.29 is 0 Å². The third kappa shape index (κ3) is 2.11. The molecular weight excluding hydrogens is 212 g/mol. The Kier molecular flexibility index (Phi) is 2.69. The highest BCUT2D eigenvalue weighted by atomic mass is 15.2. The summed E-state index contributed by atoms with van der Waals surface area (Å²) < 4.78 is 0. The van der Waals surface area contributed by atoms with Gasteiger partial charge in [0.2, 0.25) is 0 Å². The molecule has 0 amide bonds. The van der Waals surface area contributed by atoms with Gasteiger partial charge in [0.05, 0.1) is 11.6 Å². The van der Waals surface area contributed by atoms with Crippen molar-refractivity contribution in [2.75, 3.05) is 18.0 Å². The topological polar surface area (TPSA) is 52.0 Å². The minimum atomic E-state index is 0.593. The van der Waals surface area contributed by atoms with E-state index in [2.05, 4.69) is 21.3 Å². The first kappa shape index (κ1) is 10.5. The van der Waals surface area contributed by atoms with Gasteiger partial charge in [0.25, 0.3) is 0 Å². The van der Waals surface area contributed by atoms with Crippen LogP contribution in [0, 0.1) is 11.3 Å². The molecule has 3 heterocycles. The van der Waals surface area contributed by atoms with Crippen molar-refractivity contribution >= 4 is 5.82 Å². The van der Waals surface area contributed by atoms with Crippen molar-refractivity contribution in [2.24, 2.45) is 0 Å². The molecule has 0 spiro atoms. The Morgan fingerprint density at radius 2 is 2.24 bits per heavy atom. The second-order valence-electron chi connectivity index (χ2n) is 4.89. The summed E-state index contributed by atoms with van der Waals surface area (Å²) in [7, 11) is 0. The number of fused-ring (bicyclic) bond motifs is 2. The molecule has 4 nitrogen and oxygen atoms in total. The maximum absolute atomic E-state index is 8.91. The monoisotopic (exact) mass is 228 g/mol. The highest BCUT2D eigenvalue weighted by molar-refractivity contribution is 5.45. The molecule has 1 aromatic rings. The van der Waals surface area contributed by atoms with E-state index in [-0.39, 0.29) is 0 Å². The summed E-state index contributed by atoms with van der Waals surface area (Å²) in [6.07, 6.45) is 5.47. The van der Waals surface area contributed by atoms with Crippen LogP contribution in [-0.4, -0.2) is 30.2 Å². The van der Waals surface area contributed by atoms with E-state index in [1.165, 1.54) is 19.3 Å². The summed E-state index contributed by atoms with van der Waals surface area (Å²) in [5.74, 6) is 0.943. The Morgan fingerprint density at radius 1 is 1.35 bits per heavy atom. The Labute approximate surface area is 101 Å². The number of hydrogen-bond donors (Lipinski definition) is 1. The first-order chi connectivity index (χ1) is 8.35. The number of nitrogens with one attached hydrogen (secondary N) is 1. The Morgan fingerprint density at radius 3 is 3.12 bits per heavy atom. The molecule has 2 fully saturated rings. The zero-order valence-corrected chi connectivity index (χ0v) is 9.76. The Hall–Kier alpha value is -1.60.